The largest absolute Gasteiger partial charge is 0.343 e. The number of Topliss-reactive ketones (excluding diaryl/α,β-unsaturated/α-hetero) is 1. The number of piperidine rings is 3. The first-order valence-electron chi connectivity index (χ1n) is 10.8. The van der Waals surface area contributed by atoms with Crippen molar-refractivity contribution in [1.82, 2.24) is 9.80 Å². The number of nitrogens with zero attached hydrogens (tertiary/aromatic N) is 2. The van der Waals surface area contributed by atoms with E-state index in [0.29, 0.717) is 13.1 Å². The molecule has 4 nitrogen and oxygen atoms in total. The maximum Gasteiger partial charge on any atom is 0.228 e. The molecule has 29 heavy (non-hydrogen) atoms. The molecule has 0 aromatic heterocycles. The number of rotatable bonds is 5. The minimum atomic E-state index is -0.627. The Hall–Kier alpha value is -2.46. The SMILES string of the molecule is CCN(CC)C(=O)[C@@H]1[C@H]2CCN([C@H](C)C2=O)C1(c1ccccc1)c1ccccc1. The highest BCUT2D eigenvalue weighted by Gasteiger charge is 2.63. The lowest BCUT2D eigenvalue weighted by atomic mass is 9.58. The van der Waals surface area contributed by atoms with E-state index in [9.17, 15) is 9.59 Å². The first-order chi connectivity index (χ1) is 14.1. The molecule has 3 aliphatic rings. The van der Waals surface area contributed by atoms with Gasteiger partial charge in [0.15, 0.2) is 5.78 Å². The standard InChI is InChI=1S/C25H30N2O2/c1-4-26(5-2)24(29)22-21-16-17-27(18(3)23(21)28)25(22,19-12-8-6-9-13-19)20-14-10-7-11-15-20/h6-15,18,21-22H,4-5,16-17H2,1-3H3/t18-,21-,22+/m1/s1. The zero-order valence-electron chi connectivity index (χ0n) is 17.5. The van der Waals surface area contributed by atoms with Crippen molar-refractivity contribution in [2.45, 2.75) is 38.8 Å². The van der Waals surface area contributed by atoms with Crippen molar-refractivity contribution in [3.63, 3.8) is 0 Å². The van der Waals surface area contributed by atoms with Gasteiger partial charge < -0.3 is 4.90 Å². The van der Waals surface area contributed by atoms with Crippen LogP contribution in [0.1, 0.15) is 38.3 Å². The summed E-state index contributed by atoms with van der Waals surface area (Å²) < 4.78 is 0. The topological polar surface area (TPSA) is 40.6 Å². The molecule has 3 saturated heterocycles. The van der Waals surface area contributed by atoms with Crippen LogP contribution in [-0.4, -0.2) is 47.2 Å². The summed E-state index contributed by atoms with van der Waals surface area (Å²) >= 11 is 0. The second-order valence-electron chi connectivity index (χ2n) is 8.15. The summed E-state index contributed by atoms with van der Waals surface area (Å²) in [6, 6.07) is 20.4. The number of hydrogen-bond donors (Lipinski definition) is 0. The smallest absolute Gasteiger partial charge is 0.228 e. The van der Waals surface area contributed by atoms with Gasteiger partial charge in [0.1, 0.15) is 0 Å². The molecule has 3 aliphatic heterocycles. The van der Waals surface area contributed by atoms with Gasteiger partial charge >= 0.3 is 0 Å². The van der Waals surface area contributed by atoms with E-state index >= 15 is 0 Å². The minimum absolute atomic E-state index is 0.0951. The highest BCUT2D eigenvalue weighted by atomic mass is 16.2. The Labute approximate surface area is 173 Å². The highest BCUT2D eigenvalue weighted by molar-refractivity contribution is 5.95. The second kappa shape index (κ2) is 7.75. The van der Waals surface area contributed by atoms with Crippen molar-refractivity contribution in [2.75, 3.05) is 19.6 Å². The van der Waals surface area contributed by atoms with Crippen molar-refractivity contribution in [1.29, 1.82) is 0 Å². The van der Waals surface area contributed by atoms with Crippen LogP contribution in [0.25, 0.3) is 0 Å². The number of benzene rings is 2. The number of fused-ring (bicyclic) bond motifs is 3. The molecule has 0 saturated carbocycles. The fraction of sp³-hybridized carbons (Fsp3) is 0.440. The predicted molar refractivity (Wildman–Crippen MR) is 114 cm³/mol. The number of carbonyl (C=O) groups excluding carboxylic acids is 2. The highest BCUT2D eigenvalue weighted by Crippen LogP contribution is 2.54. The molecule has 2 aromatic carbocycles. The Kier molecular flexibility index (Phi) is 5.30. The van der Waals surface area contributed by atoms with Crippen LogP contribution >= 0.6 is 0 Å². The van der Waals surface area contributed by atoms with E-state index in [1.165, 1.54) is 0 Å². The number of ketones is 1. The maximum absolute atomic E-state index is 13.9. The van der Waals surface area contributed by atoms with Crippen molar-refractivity contribution < 1.29 is 9.59 Å². The Balaban J connectivity index is 2.02. The lowest BCUT2D eigenvalue weighted by molar-refractivity contribution is -0.170. The van der Waals surface area contributed by atoms with Gasteiger partial charge in [0.25, 0.3) is 0 Å². The van der Waals surface area contributed by atoms with Gasteiger partial charge in [-0.2, -0.15) is 0 Å². The molecule has 4 atom stereocenters. The molecule has 2 aromatic rings. The summed E-state index contributed by atoms with van der Waals surface area (Å²) in [6.45, 7) is 8.17. The molecule has 1 unspecified atom stereocenters. The fourth-order valence-corrected chi connectivity index (χ4v) is 5.68. The van der Waals surface area contributed by atoms with Crippen molar-refractivity contribution in [2.24, 2.45) is 11.8 Å². The molecule has 0 aliphatic carbocycles. The Morgan fingerprint density at radius 2 is 1.52 bits per heavy atom. The Bertz CT molecular complexity index is 837. The normalized spacial score (nSPS) is 27.6. The lowest BCUT2D eigenvalue weighted by Gasteiger charge is -2.61. The van der Waals surface area contributed by atoms with E-state index in [1.807, 2.05) is 62.1 Å². The monoisotopic (exact) mass is 390 g/mol. The molecule has 0 radical (unpaired) electrons. The molecule has 152 valence electrons. The minimum Gasteiger partial charge on any atom is -0.343 e. The van der Waals surface area contributed by atoms with Crippen LogP contribution < -0.4 is 0 Å². The van der Waals surface area contributed by atoms with E-state index in [-0.39, 0.29) is 23.7 Å². The zero-order valence-corrected chi connectivity index (χ0v) is 17.5. The summed E-state index contributed by atoms with van der Waals surface area (Å²) in [5, 5.41) is 0. The summed E-state index contributed by atoms with van der Waals surface area (Å²) in [6.07, 6.45) is 0.752. The van der Waals surface area contributed by atoms with Gasteiger partial charge in [0.2, 0.25) is 5.91 Å². The van der Waals surface area contributed by atoms with Crippen molar-refractivity contribution in [3.05, 3.63) is 71.8 Å². The third-order valence-electron chi connectivity index (χ3n) is 7.00. The van der Waals surface area contributed by atoms with Crippen molar-refractivity contribution >= 4 is 11.7 Å². The van der Waals surface area contributed by atoms with Gasteiger partial charge in [-0.1, -0.05) is 60.7 Å². The van der Waals surface area contributed by atoms with E-state index in [2.05, 4.69) is 29.2 Å². The van der Waals surface area contributed by atoms with Gasteiger partial charge in [-0.25, -0.2) is 0 Å². The summed E-state index contributed by atoms with van der Waals surface area (Å²) in [5.41, 5.74) is 1.57. The van der Waals surface area contributed by atoms with Crippen LogP contribution in [0.4, 0.5) is 0 Å². The van der Waals surface area contributed by atoms with Crippen LogP contribution in [-0.2, 0) is 15.1 Å². The summed E-state index contributed by atoms with van der Waals surface area (Å²) in [7, 11) is 0. The maximum atomic E-state index is 13.9. The molecule has 1 amide bonds. The Morgan fingerprint density at radius 1 is 1.00 bits per heavy atom. The fourth-order valence-electron chi connectivity index (χ4n) is 5.68. The molecule has 3 heterocycles. The number of carbonyl (C=O) groups is 2. The van der Waals surface area contributed by atoms with Crippen LogP contribution in [0.15, 0.2) is 60.7 Å². The van der Waals surface area contributed by atoms with E-state index in [4.69, 9.17) is 0 Å². The summed E-state index contributed by atoms with van der Waals surface area (Å²) in [4.78, 5) is 31.3. The zero-order chi connectivity index (χ0) is 20.6. The van der Waals surface area contributed by atoms with Gasteiger partial charge in [-0.15, -0.1) is 0 Å². The van der Waals surface area contributed by atoms with Gasteiger partial charge in [0, 0.05) is 25.6 Å². The molecular weight excluding hydrogens is 360 g/mol. The van der Waals surface area contributed by atoms with Gasteiger partial charge in [-0.05, 0) is 38.3 Å². The van der Waals surface area contributed by atoms with Crippen LogP contribution in [0.2, 0.25) is 0 Å². The first kappa shape index (κ1) is 19.8. The number of amides is 1. The van der Waals surface area contributed by atoms with E-state index < -0.39 is 11.5 Å². The van der Waals surface area contributed by atoms with Gasteiger partial charge in [0.05, 0.1) is 17.5 Å². The number of hydrogen-bond acceptors (Lipinski definition) is 3. The van der Waals surface area contributed by atoms with Crippen LogP contribution in [0.5, 0.6) is 0 Å². The second-order valence-corrected chi connectivity index (χ2v) is 8.15. The Morgan fingerprint density at radius 3 is 2.00 bits per heavy atom. The van der Waals surface area contributed by atoms with E-state index in [1.54, 1.807) is 0 Å². The quantitative estimate of drug-likeness (QED) is 0.781. The van der Waals surface area contributed by atoms with Crippen LogP contribution in [0, 0.1) is 11.8 Å². The van der Waals surface area contributed by atoms with E-state index in [0.717, 1.165) is 24.1 Å². The first-order valence-corrected chi connectivity index (χ1v) is 10.8. The molecular formula is C25H30N2O2. The molecule has 2 bridgehead atoms. The predicted octanol–water partition coefficient (Wildman–Crippen LogP) is 3.71. The third-order valence-corrected chi connectivity index (χ3v) is 7.00. The third kappa shape index (κ3) is 2.84. The lowest BCUT2D eigenvalue weighted by Crippen LogP contribution is -2.72. The summed E-state index contributed by atoms with van der Waals surface area (Å²) in [5.74, 6) is -0.352. The van der Waals surface area contributed by atoms with Crippen molar-refractivity contribution in [3.8, 4) is 0 Å². The average molecular weight is 391 g/mol. The van der Waals surface area contributed by atoms with Crippen LogP contribution in [0.3, 0.4) is 0 Å². The molecule has 4 heteroatoms. The average Bonchev–Trinajstić information content (AvgIpc) is 2.78. The molecule has 5 rings (SSSR count). The van der Waals surface area contributed by atoms with Gasteiger partial charge in [-0.3, -0.25) is 14.5 Å². The molecule has 0 N–H and O–H groups in total. The molecule has 0 spiro atoms. The molecule has 3 fully saturated rings.